The van der Waals surface area contributed by atoms with Gasteiger partial charge in [-0.3, -0.25) is 9.78 Å². The van der Waals surface area contributed by atoms with Gasteiger partial charge < -0.3 is 9.80 Å². The molecule has 0 N–H and O–H groups in total. The largest absolute Gasteiger partial charge is 0.366 e. The van der Waals surface area contributed by atoms with Crippen LogP contribution in [-0.4, -0.2) is 42.0 Å². The number of halogens is 1. The van der Waals surface area contributed by atoms with Gasteiger partial charge in [0.2, 0.25) is 0 Å². The number of nitrogens with zero attached hydrogens (tertiary/aromatic N) is 3. The fraction of sp³-hybridized carbons (Fsp3) is 0.308. The number of benzene rings is 2. The van der Waals surface area contributed by atoms with E-state index in [2.05, 4.69) is 40.2 Å². The van der Waals surface area contributed by atoms with Gasteiger partial charge in [0.15, 0.2) is 0 Å². The minimum absolute atomic E-state index is 0.0851. The van der Waals surface area contributed by atoms with Crippen LogP contribution in [0, 0.1) is 0 Å². The summed E-state index contributed by atoms with van der Waals surface area (Å²) in [5, 5.41) is 1.61. The highest BCUT2D eigenvalue weighted by atomic mass is 35.5. The van der Waals surface area contributed by atoms with Gasteiger partial charge >= 0.3 is 0 Å². The zero-order valence-electron chi connectivity index (χ0n) is 17.6. The highest BCUT2D eigenvalue weighted by Gasteiger charge is 2.26. The highest BCUT2D eigenvalue weighted by Crippen LogP contribution is 2.35. The standard InChI is InChI=1S/C26H26ClN3O/c27-21-9-10-24-22(17-21)25(23(18-28-24)26(31)30-13-5-2-6-14-30)29-15-11-20(12-16-29)19-7-3-1-4-8-19/h1,3-4,7-11,17-18H,2,5-6,12-16H2. The minimum Gasteiger partial charge on any atom is -0.366 e. The number of carbonyl (C=O) groups is 1. The number of hydrogen-bond acceptors (Lipinski definition) is 3. The third-order valence-corrected chi connectivity index (χ3v) is 6.58. The molecule has 2 aromatic carbocycles. The number of hydrogen-bond donors (Lipinski definition) is 0. The lowest BCUT2D eigenvalue weighted by molar-refractivity contribution is 0.0724. The van der Waals surface area contributed by atoms with Crippen molar-refractivity contribution in [2.75, 3.05) is 31.1 Å². The quantitative estimate of drug-likeness (QED) is 0.525. The van der Waals surface area contributed by atoms with Crippen LogP contribution in [0.3, 0.4) is 0 Å². The molecule has 5 rings (SSSR count). The minimum atomic E-state index is 0.0851. The molecular weight excluding hydrogens is 406 g/mol. The molecule has 158 valence electrons. The summed E-state index contributed by atoms with van der Waals surface area (Å²) in [6.45, 7) is 3.26. The number of likely N-dealkylation sites (tertiary alicyclic amines) is 1. The number of amides is 1. The molecule has 2 aliphatic rings. The normalized spacial score (nSPS) is 17.0. The first kappa shape index (κ1) is 20.1. The van der Waals surface area contributed by atoms with E-state index in [1.165, 1.54) is 17.6 Å². The van der Waals surface area contributed by atoms with E-state index in [4.69, 9.17) is 11.6 Å². The predicted molar refractivity (Wildman–Crippen MR) is 128 cm³/mol. The molecule has 1 amide bonds. The van der Waals surface area contributed by atoms with Crippen LogP contribution in [-0.2, 0) is 0 Å². The number of piperidine rings is 1. The van der Waals surface area contributed by atoms with E-state index >= 15 is 0 Å². The lowest BCUT2D eigenvalue weighted by atomic mass is 9.98. The van der Waals surface area contributed by atoms with Gasteiger partial charge in [-0.25, -0.2) is 0 Å². The second-order valence-corrected chi connectivity index (χ2v) is 8.76. The fourth-order valence-electron chi connectivity index (χ4n) is 4.70. The number of fused-ring (bicyclic) bond motifs is 1. The van der Waals surface area contributed by atoms with Gasteiger partial charge in [-0.2, -0.15) is 0 Å². The van der Waals surface area contributed by atoms with E-state index in [1.807, 2.05) is 29.2 Å². The van der Waals surface area contributed by atoms with E-state index in [0.717, 1.165) is 62.0 Å². The van der Waals surface area contributed by atoms with E-state index in [-0.39, 0.29) is 5.91 Å². The Kier molecular flexibility index (Phi) is 5.65. The second-order valence-electron chi connectivity index (χ2n) is 8.33. The summed E-state index contributed by atoms with van der Waals surface area (Å²) in [4.78, 5) is 22.4. The Balaban J connectivity index is 1.55. The van der Waals surface area contributed by atoms with Crippen LogP contribution < -0.4 is 4.90 Å². The van der Waals surface area contributed by atoms with Gasteiger partial charge in [0.25, 0.3) is 5.91 Å². The van der Waals surface area contributed by atoms with E-state index in [0.29, 0.717) is 10.6 Å². The summed E-state index contributed by atoms with van der Waals surface area (Å²) in [6, 6.07) is 16.3. The number of carbonyl (C=O) groups excluding carboxylic acids is 1. The molecule has 0 spiro atoms. The van der Waals surface area contributed by atoms with Gasteiger partial charge in [-0.15, -0.1) is 0 Å². The zero-order valence-corrected chi connectivity index (χ0v) is 18.3. The number of aromatic nitrogens is 1. The molecule has 1 saturated heterocycles. The van der Waals surface area contributed by atoms with Crippen LogP contribution >= 0.6 is 11.6 Å². The van der Waals surface area contributed by atoms with E-state index in [9.17, 15) is 4.79 Å². The molecule has 0 unspecified atom stereocenters. The van der Waals surface area contributed by atoms with Crippen molar-refractivity contribution in [1.29, 1.82) is 0 Å². The van der Waals surface area contributed by atoms with Crippen LogP contribution in [0.4, 0.5) is 5.69 Å². The van der Waals surface area contributed by atoms with E-state index in [1.54, 1.807) is 6.20 Å². The average molecular weight is 432 g/mol. The molecule has 5 heteroatoms. The summed E-state index contributed by atoms with van der Waals surface area (Å²) in [5.74, 6) is 0.0851. The molecule has 2 aliphatic heterocycles. The third-order valence-electron chi connectivity index (χ3n) is 6.35. The van der Waals surface area contributed by atoms with Gasteiger partial charge in [-0.05, 0) is 55.0 Å². The molecule has 1 aromatic heterocycles. The molecule has 31 heavy (non-hydrogen) atoms. The zero-order chi connectivity index (χ0) is 21.2. The molecule has 4 nitrogen and oxygen atoms in total. The van der Waals surface area contributed by atoms with Gasteiger partial charge in [0, 0.05) is 42.8 Å². The molecule has 3 aromatic rings. The van der Waals surface area contributed by atoms with Crippen molar-refractivity contribution in [2.24, 2.45) is 0 Å². The van der Waals surface area contributed by atoms with Gasteiger partial charge in [0.05, 0.1) is 16.8 Å². The summed E-state index contributed by atoms with van der Waals surface area (Å²) in [6.07, 6.45) is 8.32. The van der Waals surface area contributed by atoms with Gasteiger partial charge in [0.1, 0.15) is 0 Å². The summed E-state index contributed by atoms with van der Waals surface area (Å²) in [7, 11) is 0. The van der Waals surface area contributed by atoms with Crippen molar-refractivity contribution in [1.82, 2.24) is 9.88 Å². The first-order valence-corrected chi connectivity index (χ1v) is 11.5. The summed E-state index contributed by atoms with van der Waals surface area (Å²) >= 11 is 6.36. The molecule has 0 aliphatic carbocycles. The van der Waals surface area contributed by atoms with Crippen molar-refractivity contribution >= 4 is 39.7 Å². The molecule has 3 heterocycles. The Morgan fingerprint density at radius 2 is 1.77 bits per heavy atom. The molecule has 0 saturated carbocycles. The topological polar surface area (TPSA) is 36.4 Å². The van der Waals surface area contributed by atoms with Gasteiger partial charge in [-0.1, -0.05) is 48.0 Å². The third kappa shape index (κ3) is 4.05. The Bertz CT molecular complexity index is 1140. The summed E-state index contributed by atoms with van der Waals surface area (Å²) < 4.78 is 0. The maximum absolute atomic E-state index is 13.5. The summed E-state index contributed by atoms with van der Waals surface area (Å²) in [5.41, 5.74) is 5.15. The predicted octanol–water partition coefficient (Wildman–Crippen LogP) is 5.81. The smallest absolute Gasteiger partial charge is 0.257 e. The Hall–Kier alpha value is -2.85. The van der Waals surface area contributed by atoms with Crippen molar-refractivity contribution in [3.05, 3.63) is 77.0 Å². The molecular formula is C26H26ClN3O. The van der Waals surface area contributed by atoms with Crippen LogP contribution in [0.2, 0.25) is 5.02 Å². The lowest BCUT2D eigenvalue weighted by Crippen LogP contribution is -2.37. The average Bonchev–Trinajstić information content (AvgIpc) is 2.84. The monoisotopic (exact) mass is 431 g/mol. The first-order chi connectivity index (χ1) is 15.2. The maximum Gasteiger partial charge on any atom is 0.257 e. The lowest BCUT2D eigenvalue weighted by Gasteiger charge is -2.33. The highest BCUT2D eigenvalue weighted by molar-refractivity contribution is 6.31. The SMILES string of the molecule is O=C(c1cnc2ccc(Cl)cc2c1N1CC=C(c2ccccc2)CC1)N1CCCCC1. The van der Waals surface area contributed by atoms with Crippen LogP contribution in [0.1, 0.15) is 41.6 Å². The number of pyridine rings is 1. The van der Waals surface area contributed by atoms with Crippen LogP contribution in [0.5, 0.6) is 0 Å². The molecule has 0 bridgehead atoms. The molecule has 0 radical (unpaired) electrons. The van der Waals surface area contributed by atoms with Crippen molar-refractivity contribution in [3.8, 4) is 0 Å². The van der Waals surface area contributed by atoms with Crippen molar-refractivity contribution in [2.45, 2.75) is 25.7 Å². The Morgan fingerprint density at radius 3 is 2.52 bits per heavy atom. The van der Waals surface area contributed by atoms with E-state index < -0.39 is 0 Å². The maximum atomic E-state index is 13.5. The first-order valence-electron chi connectivity index (χ1n) is 11.1. The Labute approximate surface area is 188 Å². The van der Waals surface area contributed by atoms with Crippen molar-refractivity contribution in [3.63, 3.8) is 0 Å². The second kappa shape index (κ2) is 8.72. The Morgan fingerprint density at radius 1 is 0.968 bits per heavy atom. The van der Waals surface area contributed by atoms with Crippen LogP contribution in [0.15, 0.2) is 60.8 Å². The van der Waals surface area contributed by atoms with Crippen molar-refractivity contribution < 1.29 is 4.79 Å². The number of rotatable bonds is 3. The molecule has 1 fully saturated rings. The fourth-order valence-corrected chi connectivity index (χ4v) is 4.87. The molecule has 0 atom stereocenters. The number of anilines is 1. The van der Waals surface area contributed by atoms with Crippen LogP contribution in [0.25, 0.3) is 16.5 Å².